The summed E-state index contributed by atoms with van der Waals surface area (Å²) >= 11 is 5.80. The van der Waals surface area contributed by atoms with E-state index in [4.69, 9.17) is 16.3 Å². The zero-order chi connectivity index (χ0) is 13.9. The van der Waals surface area contributed by atoms with E-state index in [-0.39, 0.29) is 11.3 Å². The molecule has 0 radical (unpaired) electrons. The van der Waals surface area contributed by atoms with Crippen LogP contribution < -0.4 is 9.47 Å². The minimum Gasteiger partial charge on any atom is -0.496 e. The van der Waals surface area contributed by atoms with E-state index in [1.54, 1.807) is 0 Å². The predicted octanol–water partition coefficient (Wildman–Crippen LogP) is 3.46. The van der Waals surface area contributed by atoms with Crippen molar-refractivity contribution in [2.24, 2.45) is 0 Å². The van der Waals surface area contributed by atoms with Crippen molar-refractivity contribution in [3.8, 4) is 11.5 Å². The van der Waals surface area contributed by atoms with E-state index in [0.29, 0.717) is 0 Å². The Morgan fingerprint density at radius 3 is 2.44 bits per heavy atom. The summed E-state index contributed by atoms with van der Waals surface area (Å²) in [4.78, 5) is 11.2. The van der Waals surface area contributed by atoms with Gasteiger partial charge in [-0.15, -0.1) is 24.8 Å². The SMILES string of the molecule is COc1ccc(OC(F)(F)F)cc1C(Cl)C(C)=O. The van der Waals surface area contributed by atoms with E-state index in [1.165, 1.54) is 20.1 Å². The molecule has 1 rings (SSSR count). The summed E-state index contributed by atoms with van der Waals surface area (Å²) in [6.45, 7) is 1.23. The van der Waals surface area contributed by atoms with E-state index in [1.807, 2.05) is 0 Å². The molecular formula is C11H10ClF3O3. The van der Waals surface area contributed by atoms with Crippen molar-refractivity contribution in [3.63, 3.8) is 0 Å². The number of halogens is 4. The lowest BCUT2D eigenvalue weighted by Gasteiger charge is -2.14. The monoisotopic (exact) mass is 282 g/mol. The van der Waals surface area contributed by atoms with Crippen LogP contribution in [0.4, 0.5) is 13.2 Å². The highest BCUT2D eigenvalue weighted by Crippen LogP contribution is 2.35. The van der Waals surface area contributed by atoms with E-state index in [0.717, 1.165) is 12.1 Å². The van der Waals surface area contributed by atoms with Crippen LogP contribution in [-0.4, -0.2) is 19.3 Å². The Balaban J connectivity index is 3.13. The van der Waals surface area contributed by atoms with Crippen molar-refractivity contribution in [2.75, 3.05) is 7.11 Å². The van der Waals surface area contributed by atoms with Crippen LogP contribution >= 0.6 is 11.6 Å². The molecule has 1 aromatic carbocycles. The zero-order valence-corrected chi connectivity index (χ0v) is 10.3. The van der Waals surface area contributed by atoms with Gasteiger partial charge in [-0.1, -0.05) is 0 Å². The van der Waals surface area contributed by atoms with Crippen molar-refractivity contribution < 1.29 is 27.4 Å². The molecule has 0 saturated heterocycles. The number of hydrogen-bond donors (Lipinski definition) is 0. The van der Waals surface area contributed by atoms with Crippen LogP contribution in [0.3, 0.4) is 0 Å². The Labute approximate surface area is 106 Å². The summed E-state index contributed by atoms with van der Waals surface area (Å²) in [5.74, 6) is -0.635. The van der Waals surface area contributed by atoms with Gasteiger partial charge >= 0.3 is 6.36 Å². The van der Waals surface area contributed by atoms with Crippen LogP contribution in [0.25, 0.3) is 0 Å². The number of carbonyl (C=O) groups is 1. The molecule has 0 N–H and O–H groups in total. The van der Waals surface area contributed by atoms with Crippen LogP contribution in [0.15, 0.2) is 18.2 Å². The van der Waals surface area contributed by atoms with Gasteiger partial charge in [0.1, 0.15) is 16.9 Å². The van der Waals surface area contributed by atoms with Gasteiger partial charge < -0.3 is 9.47 Å². The predicted molar refractivity (Wildman–Crippen MR) is 59.0 cm³/mol. The molecule has 3 nitrogen and oxygen atoms in total. The third-order valence-corrected chi connectivity index (χ3v) is 2.61. The lowest BCUT2D eigenvalue weighted by Crippen LogP contribution is -2.17. The molecule has 0 amide bonds. The lowest BCUT2D eigenvalue weighted by atomic mass is 10.1. The molecule has 100 valence electrons. The molecule has 0 heterocycles. The Bertz CT molecular complexity index is 446. The Morgan fingerprint density at radius 2 is 2.00 bits per heavy atom. The molecule has 0 saturated carbocycles. The second kappa shape index (κ2) is 5.48. The fourth-order valence-corrected chi connectivity index (χ4v) is 1.50. The summed E-state index contributed by atoms with van der Waals surface area (Å²) in [5.41, 5.74) is 0.133. The van der Waals surface area contributed by atoms with Crippen LogP contribution in [0.1, 0.15) is 17.9 Å². The summed E-state index contributed by atoms with van der Waals surface area (Å²) in [7, 11) is 1.33. The number of ketones is 1. The van der Waals surface area contributed by atoms with Gasteiger partial charge in [0.25, 0.3) is 0 Å². The molecule has 0 fully saturated rings. The van der Waals surface area contributed by atoms with E-state index >= 15 is 0 Å². The maximum atomic E-state index is 12.1. The maximum absolute atomic E-state index is 12.1. The van der Waals surface area contributed by atoms with Crippen molar-refractivity contribution in [2.45, 2.75) is 18.7 Å². The van der Waals surface area contributed by atoms with E-state index in [9.17, 15) is 18.0 Å². The quantitative estimate of drug-likeness (QED) is 0.793. The zero-order valence-electron chi connectivity index (χ0n) is 9.55. The van der Waals surface area contributed by atoms with Gasteiger partial charge in [0, 0.05) is 5.56 Å². The van der Waals surface area contributed by atoms with Crippen molar-refractivity contribution in [3.05, 3.63) is 23.8 Å². The molecule has 7 heteroatoms. The highest BCUT2D eigenvalue weighted by molar-refractivity contribution is 6.31. The van der Waals surface area contributed by atoms with Gasteiger partial charge in [-0.05, 0) is 25.1 Å². The number of Topliss-reactive ketones (excluding diaryl/α,β-unsaturated/α-hetero) is 1. The smallest absolute Gasteiger partial charge is 0.496 e. The van der Waals surface area contributed by atoms with Crippen LogP contribution in [0.2, 0.25) is 0 Å². The molecular weight excluding hydrogens is 273 g/mol. The molecule has 1 aromatic rings. The van der Waals surface area contributed by atoms with Gasteiger partial charge in [0.15, 0.2) is 5.78 Å². The molecule has 18 heavy (non-hydrogen) atoms. The fraction of sp³-hybridized carbons (Fsp3) is 0.364. The van der Waals surface area contributed by atoms with Crippen molar-refractivity contribution in [1.29, 1.82) is 0 Å². The third kappa shape index (κ3) is 3.80. The number of benzene rings is 1. The molecule has 0 aromatic heterocycles. The van der Waals surface area contributed by atoms with Crippen LogP contribution in [-0.2, 0) is 4.79 Å². The number of carbonyl (C=O) groups excluding carboxylic acids is 1. The number of ether oxygens (including phenoxy) is 2. The van der Waals surface area contributed by atoms with E-state index in [2.05, 4.69) is 4.74 Å². The summed E-state index contributed by atoms with van der Waals surface area (Å²) in [6, 6.07) is 3.37. The number of alkyl halides is 4. The summed E-state index contributed by atoms with van der Waals surface area (Å²) < 4.78 is 44.9. The molecule has 0 aliphatic heterocycles. The average molecular weight is 283 g/mol. The Kier molecular flexibility index (Phi) is 4.45. The van der Waals surface area contributed by atoms with Crippen molar-refractivity contribution >= 4 is 17.4 Å². The van der Waals surface area contributed by atoms with Gasteiger partial charge in [0.05, 0.1) is 7.11 Å². The fourth-order valence-electron chi connectivity index (χ4n) is 1.33. The largest absolute Gasteiger partial charge is 0.573 e. The first kappa shape index (κ1) is 14.6. The van der Waals surface area contributed by atoms with Gasteiger partial charge in [0.2, 0.25) is 0 Å². The average Bonchev–Trinajstić information content (AvgIpc) is 2.25. The lowest BCUT2D eigenvalue weighted by molar-refractivity contribution is -0.274. The molecule has 1 unspecified atom stereocenters. The van der Waals surface area contributed by atoms with E-state index < -0.39 is 23.3 Å². The number of hydrogen-bond acceptors (Lipinski definition) is 3. The van der Waals surface area contributed by atoms with Crippen LogP contribution in [0.5, 0.6) is 11.5 Å². The molecule has 0 aliphatic rings. The normalized spacial score (nSPS) is 13.0. The molecule has 1 atom stereocenters. The highest BCUT2D eigenvalue weighted by Gasteiger charge is 2.31. The Morgan fingerprint density at radius 1 is 1.39 bits per heavy atom. The first-order chi connectivity index (χ1) is 8.24. The van der Waals surface area contributed by atoms with Crippen molar-refractivity contribution in [1.82, 2.24) is 0 Å². The van der Waals surface area contributed by atoms with Gasteiger partial charge in [-0.25, -0.2) is 0 Å². The Hall–Kier alpha value is -1.43. The number of methoxy groups -OCH3 is 1. The molecule has 0 spiro atoms. The molecule has 0 bridgehead atoms. The number of rotatable bonds is 4. The minimum absolute atomic E-state index is 0.133. The second-order valence-electron chi connectivity index (χ2n) is 3.42. The minimum atomic E-state index is -4.80. The standard InChI is InChI=1S/C11H10ClF3O3/c1-6(16)10(12)8-5-7(18-11(13,14)15)3-4-9(8)17-2/h3-5,10H,1-2H3. The highest BCUT2D eigenvalue weighted by atomic mass is 35.5. The third-order valence-electron chi connectivity index (χ3n) is 2.06. The summed E-state index contributed by atoms with van der Waals surface area (Å²) in [5, 5.41) is -1.09. The van der Waals surface area contributed by atoms with Gasteiger partial charge in [-0.2, -0.15) is 0 Å². The topological polar surface area (TPSA) is 35.5 Å². The first-order valence-corrected chi connectivity index (χ1v) is 5.26. The molecule has 0 aliphatic carbocycles. The summed E-state index contributed by atoms with van der Waals surface area (Å²) in [6.07, 6.45) is -4.80. The van der Waals surface area contributed by atoms with Crippen LogP contribution in [0, 0.1) is 0 Å². The first-order valence-electron chi connectivity index (χ1n) is 4.83. The second-order valence-corrected chi connectivity index (χ2v) is 3.86. The maximum Gasteiger partial charge on any atom is 0.573 e. The van der Waals surface area contributed by atoms with Gasteiger partial charge in [-0.3, -0.25) is 4.79 Å².